The Morgan fingerprint density at radius 3 is 2.56 bits per heavy atom. The zero-order valence-electron chi connectivity index (χ0n) is 20.5. The van der Waals surface area contributed by atoms with Crippen molar-refractivity contribution in [3.05, 3.63) is 38.3 Å². The van der Waals surface area contributed by atoms with Crippen LogP contribution in [0.5, 0.6) is 0 Å². The summed E-state index contributed by atoms with van der Waals surface area (Å²) < 4.78 is 23.0. The van der Waals surface area contributed by atoms with E-state index in [9.17, 15) is 14.4 Å². The van der Waals surface area contributed by atoms with Gasteiger partial charge in [-0.3, -0.25) is 9.36 Å². The third-order valence-electron chi connectivity index (χ3n) is 6.68. The van der Waals surface area contributed by atoms with E-state index in [0.29, 0.717) is 41.0 Å². The highest BCUT2D eigenvalue weighted by Gasteiger charge is 2.34. The third kappa shape index (κ3) is 4.37. The minimum absolute atomic E-state index is 0.0293. The molecule has 0 bridgehead atoms. The number of benzene rings is 1. The standard InChI is InChI=1S/C24H34FN5O4/c1-6-16-19-17(21(31)30(26)23(33)29(19)15-7-8-15)11-18(25)20(16)28-10-9-14(12-28)13(2)27-22(32)34-24(3,4)5/h11,13-15H,6-10,12,26H2,1-5H3,(H,27,32). The van der Waals surface area contributed by atoms with Crippen LogP contribution in [0.1, 0.15) is 65.5 Å². The van der Waals surface area contributed by atoms with Crippen LogP contribution in [0, 0.1) is 11.7 Å². The number of hydrogen-bond donors (Lipinski definition) is 2. The van der Waals surface area contributed by atoms with E-state index >= 15 is 4.39 Å². The smallest absolute Gasteiger partial charge is 0.407 e. The molecule has 2 unspecified atom stereocenters. The number of rotatable bonds is 5. The molecule has 0 radical (unpaired) electrons. The summed E-state index contributed by atoms with van der Waals surface area (Å²) in [5.41, 5.74) is -0.292. The summed E-state index contributed by atoms with van der Waals surface area (Å²) in [6.45, 7) is 10.4. The van der Waals surface area contributed by atoms with Gasteiger partial charge in [0.15, 0.2) is 0 Å². The van der Waals surface area contributed by atoms with Gasteiger partial charge >= 0.3 is 11.8 Å². The number of anilines is 1. The van der Waals surface area contributed by atoms with Gasteiger partial charge < -0.3 is 20.8 Å². The SMILES string of the molecule is CCc1c(N2CCC(C(C)NC(=O)OC(C)(C)C)C2)c(F)cc2c(=O)n(N)c(=O)n(C3CC3)c12. The first-order valence-electron chi connectivity index (χ1n) is 11.9. The number of aryl methyl sites for hydroxylation is 1. The molecule has 1 aromatic heterocycles. The maximum atomic E-state index is 15.5. The molecule has 2 aliphatic rings. The van der Waals surface area contributed by atoms with E-state index < -0.39 is 28.8 Å². The summed E-state index contributed by atoms with van der Waals surface area (Å²) in [6.07, 6.45) is 2.38. The number of hydrogen-bond acceptors (Lipinski definition) is 6. The van der Waals surface area contributed by atoms with Crippen LogP contribution in [-0.4, -0.2) is 40.1 Å². The van der Waals surface area contributed by atoms with Crippen LogP contribution in [0.4, 0.5) is 14.9 Å². The fourth-order valence-electron chi connectivity index (χ4n) is 4.91. The molecule has 1 aliphatic carbocycles. The molecule has 9 nitrogen and oxygen atoms in total. The van der Waals surface area contributed by atoms with E-state index in [-0.39, 0.29) is 23.4 Å². The van der Waals surface area contributed by atoms with Gasteiger partial charge in [-0.1, -0.05) is 6.92 Å². The van der Waals surface area contributed by atoms with Gasteiger partial charge in [0, 0.05) is 30.7 Å². The largest absolute Gasteiger partial charge is 0.444 e. The molecule has 1 amide bonds. The highest BCUT2D eigenvalue weighted by molar-refractivity contribution is 5.87. The molecule has 10 heteroatoms. The second-order valence-corrected chi connectivity index (χ2v) is 10.4. The first-order chi connectivity index (χ1) is 15.9. The van der Waals surface area contributed by atoms with Crippen LogP contribution < -0.4 is 27.3 Å². The monoisotopic (exact) mass is 475 g/mol. The van der Waals surface area contributed by atoms with Crippen molar-refractivity contribution < 1.29 is 13.9 Å². The van der Waals surface area contributed by atoms with Crippen molar-refractivity contribution in [2.24, 2.45) is 5.92 Å². The number of amides is 1. The Morgan fingerprint density at radius 1 is 1.29 bits per heavy atom. The summed E-state index contributed by atoms with van der Waals surface area (Å²) in [4.78, 5) is 39.7. The van der Waals surface area contributed by atoms with Crippen LogP contribution in [0.2, 0.25) is 0 Å². The Hall–Kier alpha value is -3.04. The number of nitrogens with two attached hydrogens (primary N) is 1. The van der Waals surface area contributed by atoms with Crippen LogP contribution in [0.3, 0.4) is 0 Å². The van der Waals surface area contributed by atoms with E-state index in [2.05, 4.69) is 5.32 Å². The average molecular weight is 476 g/mol. The highest BCUT2D eigenvalue weighted by atomic mass is 19.1. The zero-order chi connectivity index (χ0) is 24.9. The topological polar surface area (TPSA) is 112 Å². The number of alkyl carbamates (subject to hydrolysis) is 1. The fraction of sp³-hybridized carbons (Fsp3) is 0.625. The number of nitrogens with one attached hydrogen (secondary N) is 1. The molecule has 4 rings (SSSR count). The summed E-state index contributed by atoms with van der Waals surface area (Å²) in [5.74, 6) is 5.33. The van der Waals surface area contributed by atoms with Crippen molar-refractivity contribution in [2.75, 3.05) is 23.8 Å². The van der Waals surface area contributed by atoms with Gasteiger partial charge in [0.1, 0.15) is 11.4 Å². The van der Waals surface area contributed by atoms with Crippen molar-refractivity contribution in [1.82, 2.24) is 14.6 Å². The molecular formula is C24H34FN5O4. The van der Waals surface area contributed by atoms with E-state index in [1.165, 1.54) is 6.07 Å². The third-order valence-corrected chi connectivity index (χ3v) is 6.68. The van der Waals surface area contributed by atoms with Crippen molar-refractivity contribution in [3.63, 3.8) is 0 Å². The molecule has 2 heterocycles. The van der Waals surface area contributed by atoms with Crippen LogP contribution in [0.25, 0.3) is 10.9 Å². The lowest BCUT2D eigenvalue weighted by molar-refractivity contribution is 0.0494. The molecule has 0 spiro atoms. The summed E-state index contributed by atoms with van der Waals surface area (Å²) in [7, 11) is 0. The molecule has 1 saturated heterocycles. The first kappa shape index (κ1) is 24.1. The van der Waals surface area contributed by atoms with Crippen molar-refractivity contribution in [2.45, 2.75) is 78.0 Å². The minimum Gasteiger partial charge on any atom is -0.444 e. The normalized spacial score (nSPS) is 19.5. The Labute approximate surface area is 197 Å². The van der Waals surface area contributed by atoms with Gasteiger partial charge in [0.25, 0.3) is 5.56 Å². The van der Waals surface area contributed by atoms with E-state index in [1.807, 2.05) is 39.5 Å². The number of carbonyl (C=O) groups is 1. The van der Waals surface area contributed by atoms with Crippen LogP contribution in [0.15, 0.2) is 15.7 Å². The molecule has 34 heavy (non-hydrogen) atoms. The van der Waals surface area contributed by atoms with E-state index in [4.69, 9.17) is 10.6 Å². The van der Waals surface area contributed by atoms with E-state index in [1.54, 1.807) is 4.57 Å². The van der Waals surface area contributed by atoms with Gasteiger partial charge in [0.05, 0.1) is 16.6 Å². The maximum absolute atomic E-state index is 15.5. The van der Waals surface area contributed by atoms with Gasteiger partial charge in [-0.2, -0.15) is 4.68 Å². The minimum atomic E-state index is -0.688. The molecule has 1 aromatic carbocycles. The van der Waals surface area contributed by atoms with Gasteiger partial charge in [-0.25, -0.2) is 14.0 Å². The molecule has 1 aliphatic heterocycles. The van der Waals surface area contributed by atoms with Crippen LogP contribution in [-0.2, 0) is 11.2 Å². The van der Waals surface area contributed by atoms with Crippen molar-refractivity contribution >= 4 is 22.7 Å². The molecule has 186 valence electrons. The second-order valence-electron chi connectivity index (χ2n) is 10.4. The lowest BCUT2D eigenvalue weighted by atomic mass is 10.0. The number of aromatic nitrogens is 2. The lowest BCUT2D eigenvalue weighted by Crippen LogP contribution is -2.45. The summed E-state index contributed by atoms with van der Waals surface area (Å²) in [6, 6.07) is 1.02. The lowest BCUT2D eigenvalue weighted by Gasteiger charge is -2.27. The Morgan fingerprint density at radius 2 is 1.97 bits per heavy atom. The predicted molar refractivity (Wildman–Crippen MR) is 129 cm³/mol. The number of ether oxygens (including phenoxy) is 1. The predicted octanol–water partition coefficient (Wildman–Crippen LogP) is 2.65. The number of carbonyl (C=O) groups excluding carboxylic acids is 1. The van der Waals surface area contributed by atoms with E-state index in [0.717, 1.165) is 19.3 Å². The summed E-state index contributed by atoms with van der Waals surface area (Å²) in [5, 5.41) is 3.02. The first-order valence-corrected chi connectivity index (χ1v) is 11.9. The number of nitrogens with zero attached hydrogens (tertiary/aromatic N) is 3. The Balaban J connectivity index is 1.69. The molecule has 2 aromatic rings. The molecule has 3 N–H and O–H groups in total. The molecular weight excluding hydrogens is 441 g/mol. The molecule has 2 atom stereocenters. The van der Waals surface area contributed by atoms with Gasteiger partial charge in [0.2, 0.25) is 0 Å². The number of halogens is 1. The van der Waals surface area contributed by atoms with Gasteiger partial charge in [-0.05, 0) is 65.4 Å². The van der Waals surface area contributed by atoms with Crippen molar-refractivity contribution in [3.8, 4) is 0 Å². The van der Waals surface area contributed by atoms with Crippen LogP contribution >= 0.6 is 0 Å². The Kier molecular flexibility index (Phi) is 6.12. The fourth-order valence-corrected chi connectivity index (χ4v) is 4.91. The van der Waals surface area contributed by atoms with Crippen molar-refractivity contribution in [1.29, 1.82) is 0 Å². The van der Waals surface area contributed by atoms with Gasteiger partial charge in [-0.15, -0.1) is 0 Å². The zero-order valence-corrected chi connectivity index (χ0v) is 20.5. The summed E-state index contributed by atoms with van der Waals surface area (Å²) >= 11 is 0. The molecule has 2 fully saturated rings. The highest BCUT2D eigenvalue weighted by Crippen LogP contribution is 2.40. The maximum Gasteiger partial charge on any atom is 0.407 e. The number of nitrogen functional groups attached to an aromatic ring is 1. The Bertz CT molecular complexity index is 1240. The quantitative estimate of drug-likeness (QED) is 0.643. The average Bonchev–Trinajstić information content (AvgIpc) is 3.45. The number of fused-ring (bicyclic) bond motifs is 1. The second kappa shape index (κ2) is 8.63. The molecule has 1 saturated carbocycles.